The normalized spacial score (nSPS) is 16.8. The maximum absolute atomic E-state index is 13.6. The van der Waals surface area contributed by atoms with Gasteiger partial charge in [-0.1, -0.05) is 6.07 Å². The average Bonchev–Trinajstić information content (AvgIpc) is 2.51. The molecule has 7 heteroatoms. The highest BCUT2D eigenvalue weighted by Crippen LogP contribution is 2.14. The fraction of sp³-hybridized carbons (Fsp3) is 0.529. The molecule has 1 aromatic carbocycles. The van der Waals surface area contributed by atoms with Gasteiger partial charge < -0.3 is 10.2 Å². The quantitative estimate of drug-likeness (QED) is 0.876. The van der Waals surface area contributed by atoms with Gasteiger partial charge in [-0.15, -0.1) is 0 Å². The van der Waals surface area contributed by atoms with Crippen molar-refractivity contribution < 1.29 is 18.4 Å². The summed E-state index contributed by atoms with van der Waals surface area (Å²) >= 11 is 0. The van der Waals surface area contributed by atoms with Gasteiger partial charge in [0, 0.05) is 44.7 Å². The molecule has 5 nitrogen and oxygen atoms in total. The summed E-state index contributed by atoms with van der Waals surface area (Å²) in [4.78, 5) is 27.1. The van der Waals surface area contributed by atoms with Crippen molar-refractivity contribution in [3.8, 4) is 0 Å². The van der Waals surface area contributed by atoms with Gasteiger partial charge in [0.2, 0.25) is 11.8 Å². The molecule has 0 spiro atoms. The third kappa shape index (κ3) is 4.99. The van der Waals surface area contributed by atoms with Crippen LogP contribution in [0.3, 0.4) is 0 Å². The first-order valence-electron chi connectivity index (χ1n) is 8.07. The number of nitrogens with one attached hydrogen (secondary N) is 1. The zero-order valence-electron chi connectivity index (χ0n) is 14.0. The summed E-state index contributed by atoms with van der Waals surface area (Å²) in [6.45, 7) is 5.98. The Morgan fingerprint density at radius 3 is 2.29 bits per heavy atom. The minimum atomic E-state index is -0.601. The number of rotatable bonds is 5. The van der Waals surface area contributed by atoms with Gasteiger partial charge in [-0.25, -0.2) is 8.78 Å². The molecule has 1 atom stereocenters. The lowest BCUT2D eigenvalue weighted by Crippen LogP contribution is -2.51. The summed E-state index contributed by atoms with van der Waals surface area (Å²) in [6.07, 6.45) is 0.0996. The van der Waals surface area contributed by atoms with Crippen LogP contribution in [0.1, 0.15) is 19.4 Å². The Kier molecular flexibility index (Phi) is 6.25. The first-order chi connectivity index (χ1) is 11.4. The SMILES string of the molecule is CC(=O)N1CCN(CC(=O)NC(C)Cc2c(F)cccc2F)CC1. The lowest BCUT2D eigenvalue weighted by molar-refractivity contribution is -0.131. The molecule has 1 unspecified atom stereocenters. The van der Waals surface area contributed by atoms with Gasteiger partial charge in [-0.3, -0.25) is 14.5 Å². The predicted molar refractivity (Wildman–Crippen MR) is 86.4 cm³/mol. The van der Waals surface area contributed by atoms with E-state index in [1.165, 1.54) is 25.1 Å². The first-order valence-corrected chi connectivity index (χ1v) is 8.07. The molecule has 2 amide bonds. The van der Waals surface area contributed by atoms with E-state index in [1.807, 2.05) is 4.90 Å². The number of carbonyl (C=O) groups is 2. The van der Waals surface area contributed by atoms with Gasteiger partial charge in [-0.2, -0.15) is 0 Å². The monoisotopic (exact) mass is 339 g/mol. The summed E-state index contributed by atoms with van der Waals surface area (Å²) in [5, 5.41) is 2.77. The average molecular weight is 339 g/mol. The van der Waals surface area contributed by atoms with Gasteiger partial charge in [-0.05, 0) is 25.5 Å². The zero-order chi connectivity index (χ0) is 17.7. The minimum absolute atomic E-state index is 0.0135. The van der Waals surface area contributed by atoms with Crippen molar-refractivity contribution in [2.75, 3.05) is 32.7 Å². The fourth-order valence-electron chi connectivity index (χ4n) is 2.83. The summed E-state index contributed by atoms with van der Waals surface area (Å²) < 4.78 is 27.3. The van der Waals surface area contributed by atoms with Crippen molar-refractivity contribution >= 4 is 11.8 Å². The molecule has 1 N–H and O–H groups in total. The lowest BCUT2D eigenvalue weighted by Gasteiger charge is -2.33. The topological polar surface area (TPSA) is 52.7 Å². The Bertz CT molecular complexity index is 581. The third-order valence-corrected chi connectivity index (χ3v) is 4.16. The maximum atomic E-state index is 13.6. The highest BCUT2D eigenvalue weighted by molar-refractivity contribution is 5.78. The Balaban J connectivity index is 1.79. The number of nitrogens with zero attached hydrogens (tertiary/aromatic N) is 2. The van der Waals surface area contributed by atoms with Gasteiger partial charge in [0.05, 0.1) is 6.54 Å². The molecule has 1 saturated heterocycles. The molecule has 1 fully saturated rings. The van der Waals surface area contributed by atoms with E-state index in [-0.39, 0.29) is 36.4 Å². The van der Waals surface area contributed by atoms with Crippen LogP contribution < -0.4 is 5.32 Å². The smallest absolute Gasteiger partial charge is 0.234 e. The Morgan fingerprint density at radius 1 is 1.17 bits per heavy atom. The molecular formula is C17H23F2N3O2. The molecule has 0 aromatic heterocycles. The molecule has 2 rings (SSSR count). The molecule has 24 heavy (non-hydrogen) atoms. The Hall–Kier alpha value is -2.02. The lowest BCUT2D eigenvalue weighted by atomic mass is 10.1. The van der Waals surface area contributed by atoms with Crippen LogP contribution in [0.15, 0.2) is 18.2 Å². The molecule has 132 valence electrons. The number of amides is 2. The molecule has 0 aliphatic carbocycles. The molecule has 1 aromatic rings. The van der Waals surface area contributed by atoms with Crippen LogP contribution in [0.4, 0.5) is 8.78 Å². The van der Waals surface area contributed by atoms with Crippen molar-refractivity contribution in [3.63, 3.8) is 0 Å². The molecule has 1 aliphatic heterocycles. The standard InChI is InChI=1S/C17H23F2N3O2/c1-12(10-14-15(18)4-3-5-16(14)19)20-17(24)11-21-6-8-22(9-7-21)13(2)23/h3-5,12H,6-11H2,1-2H3,(H,20,24). The van der Waals surface area contributed by atoms with Gasteiger partial charge in [0.1, 0.15) is 11.6 Å². The molecular weight excluding hydrogens is 316 g/mol. The van der Waals surface area contributed by atoms with E-state index in [1.54, 1.807) is 11.8 Å². The molecule has 1 aliphatic rings. The van der Waals surface area contributed by atoms with Crippen LogP contribution in [-0.2, 0) is 16.0 Å². The number of carbonyl (C=O) groups excluding carboxylic acids is 2. The van der Waals surface area contributed by atoms with Crippen LogP contribution >= 0.6 is 0 Å². The highest BCUT2D eigenvalue weighted by atomic mass is 19.1. The largest absolute Gasteiger partial charge is 0.352 e. The van der Waals surface area contributed by atoms with E-state index < -0.39 is 11.6 Å². The Morgan fingerprint density at radius 2 is 1.75 bits per heavy atom. The second kappa shape index (κ2) is 8.19. The molecule has 1 heterocycles. The molecule has 0 radical (unpaired) electrons. The van der Waals surface area contributed by atoms with Crippen molar-refractivity contribution in [2.24, 2.45) is 0 Å². The van der Waals surface area contributed by atoms with Crippen LogP contribution in [0.2, 0.25) is 0 Å². The van der Waals surface area contributed by atoms with Crippen LogP contribution in [0.5, 0.6) is 0 Å². The van der Waals surface area contributed by atoms with Gasteiger partial charge >= 0.3 is 0 Å². The van der Waals surface area contributed by atoms with Crippen LogP contribution in [-0.4, -0.2) is 60.4 Å². The van der Waals surface area contributed by atoms with Crippen LogP contribution in [0.25, 0.3) is 0 Å². The fourth-order valence-corrected chi connectivity index (χ4v) is 2.83. The maximum Gasteiger partial charge on any atom is 0.234 e. The van der Waals surface area contributed by atoms with E-state index in [0.29, 0.717) is 26.2 Å². The van der Waals surface area contributed by atoms with E-state index in [2.05, 4.69) is 5.32 Å². The second-order valence-electron chi connectivity index (χ2n) is 6.16. The van der Waals surface area contributed by atoms with Gasteiger partial charge in [0.25, 0.3) is 0 Å². The summed E-state index contributed by atoms with van der Waals surface area (Å²) in [6, 6.07) is 3.36. The summed E-state index contributed by atoms with van der Waals surface area (Å²) in [5.74, 6) is -1.34. The van der Waals surface area contributed by atoms with E-state index in [4.69, 9.17) is 0 Å². The number of hydrogen-bond donors (Lipinski definition) is 1. The number of piperazine rings is 1. The van der Waals surface area contributed by atoms with Crippen molar-refractivity contribution in [3.05, 3.63) is 35.4 Å². The molecule has 0 bridgehead atoms. The van der Waals surface area contributed by atoms with Crippen LogP contribution in [0, 0.1) is 11.6 Å². The number of benzene rings is 1. The highest BCUT2D eigenvalue weighted by Gasteiger charge is 2.21. The van der Waals surface area contributed by atoms with Crippen molar-refractivity contribution in [2.45, 2.75) is 26.3 Å². The summed E-state index contributed by atoms with van der Waals surface area (Å²) in [7, 11) is 0. The Labute approximate surface area is 140 Å². The number of halogens is 2. The number of hydrogen-bond acceptors (Lipinski definition) is 3. The van der Waals surface area contributed by atoms with E-state index in [0.717, 1.165) is 0 Å². The predicted octanol–water partition coefficient (Wildman–Crippen LogP) is 1.18. The first kappa shape index (κ1) is 18.3. The zero-order valence-corrected chi connectivity index (χ0v) is 14.0. The molecule has 0 saturated carbocycles. The summed E-state index contributed by atoms with van der Waals surface area (Å²) in [5.41, 5.74) is -0.0135. The van der Waals surface area contributed by atoms with E-state index >= 15 is 0 Å². The van der Waals surface area contributed by atoms with E-state index in [9.17, 15) is 18.4 Å². The second-order valence-corrected chi connectivity index (χ2v) is 6.16. The minimum Gasteiger partial charge on any atom is -0.352 e. The van der Waals surface area contributed by atoms with Crippen molar-refractivity contribution in [1.82, 2.24) is 15.1 Å². The third-order valence-electron chi connectivity index (χ3n) is 4.16. The van der Waals surface area contributed by atoms with Crippen molar-refractivity contribution in [1.29, 1.82) is 0 Å². The van der Waals surface area contributed by atoms with Gasteiger partial charge in [0.15, 0.2) is 0 Å².